The summed E-state index contributed by atoms with van der Waals surface area (Å²) in [6, 6.07) is 8.05. The molecule has 0 saturated carbocycles. The van der Waals surface area contributed by atoms with Crippen molar-refractivity contribution in [1.29, 1.82) is 0 Å². The van der Waals surface area contributed by atoms with Gasteiger partial charge in [0.2, 0.25) is 11.8 Å². The molecule has 2 aromatic rings. The highest BCUT2D eigenvalue weighted by atomic mass is 32.1. The van der Waals surface area contributed by atoms with Crippen LogP contribution >= 0.6 is 11.3 Å². The molecule has 0 aliphatic heterocycles. The third-order valence-corrected chi connectivity index (χ3v) is 6.38. The molecule has 2 unspecified atom stereocenters. The average molecular weight is 540 g/mol. The first-order valence-corrected chi connectivity index (χ1v) is 13.2. The number of hydrogen-bond acceptors (Lipinski definition) is 6. The molecule has 204 valence electrons. The molecule has 9 nitrogen and oxygen atoms in total. The molecule has 1 aromatic carbocycles. The summed E-state index contributed by atoms with van der Waals surface area (Å²) in [5, 5.41) is 10.8. The van der Waals surface area contributed by atoms with Crippen LogP contribution < -0.4 is 16.0 Å². The Morgan fingerprint density at radius 3 is 2.53 bits per heavy atom. The van der Waals surface area contributed by atoms with E-state index in [2.05, 4.69) is 20.9 Å². The van der Waals surface area contributed by atoms with Gasteiger partial charge in [-0.15, -0.1) is 11.3 Å². The smallest absolute Gasteiger partial charge is 0.318 e. The van der Waals surface area contributed by atoms with E-state index in [9.17, 15) is 14.4 Å². The van der Waals surface area contributed by atoms with Gasteiger partial charge in [0, 0.05) is 44.1 Å². The van der Waals surface area contributed by atoms with Gasteiger partial charge in [0.25, 0.3) is 0 Å². The largest absolute Gasteiger partial charge is 0.378 e. The molecule has 0 saturated heterocycles. The average Bonchev–Trinajstić information content (AvgIpc) is 3.31. The van der Waals surface area contributed by atoms with Gasteiger partial charge in [0.15, 0.2) is 5.13 Å². The number of urea groups is 1. The SMILES string of the molecule is C\C=C/C(=C\C=C\[C@H](C)NC(=O)N(C)C(C(=O)Nc1nc(COC)cs1)C(C)c1ccccc1)NC(C)=O. The molecule has 0 spiro atoms. The molecule has 0 aliphatic rings. The number of rotatable bonds is 12. The predicted molar refractivity (Wildman–Crippen MR) is 152 cm³/mol. The second-order valence-electron chi connectivity index (χ2n) is 8.75. The van der Waals surface area contributed by atoms with Gasteiger partial charge in [-0.2, -0.15) is 0 Å². The van der Waals surface area contributed by atoms with E-state index in [0.29, 0.717) is 17.4 Å². The zero-order valence-corrected chi connectivity index (χ0v) is 23.5. The second-order valence-corrected chi connectivity index (χ2v) is 9.61. The first-order chi connectivity index (χ1) is 18.2. The Balaban J connectivity index is 2.19. The number of amides is 4. The van der Waals surface area contributed by atoms with E-state index in [-0.39, 0.29) is 23.8 Å². The number of thiazole rings is 1. The van der Waals surface area contributed by atoms with Crippen LogP contribution in [0.5, 0.6) is 0 Å². The molecule has 2 rings (SSSR count). The monoisotopic (exact) mass is 539 g/mol. The summed E-state index contributed by atoms with van der Waals surface area (Å²) < 4.78 is 5.11. The molecule has 3 atom stereocenters. The van der Waals surface area contributed by atoms with Crippen LogP contribution in [-0.4, -0.2) is 54.0 Å². The Kier molecular flexibility index (Phi) is 12.4. The number of nitrogens with one attached hydrogen (secondary N) is 3. The van der Waals surface area contributed by atoms with Gasteiger partial charge in [-0.1, -0.05) is 55.5 Å². The number of anilines is 1. The highest BCUT2D eigenvalue weighted by Gasteiger charge is 2.33. The van der Waals surface area contributed by atoms with Crippen molar-refractivity contribution in [1.82, 2.24) is 20.5 Å². The molecule has 0 fully saturated rings. The number of hydrogen-bond donors (Lipinski definition) is 3. The number of carbonyl (C=O) groups excluding carboxylic acids is 3. The first-order valence-electron chi connectivity index (χ1n) is 12.3. The van der Waals surface area contributed by atoms with Crippen LogP contribution in [0.1, 0.15) is 44.9 Å². The van der Waals surface area contributed by atoms with Crippen LogP contribution in [0.25, 0.3) is 0 Å². The highest BCUT2D eigenvalue weighted by molar-refractivity contribution is 7.13. The lowest BCUT2D eigenvalue weighted by atomic mass is 9.92. The van der Waals surface area contributed by atoms with Crippen molar-refractivity contribution in [2.75, 3.05) is 19.5 Å². The van der Waals surface area contributed by atoms with Gasteiger partial charge in [0.05, 0.1) is 12.3 Å². The topological polar surface area (TPSA) is 113 Å². The zero-order chi connectivity index (χ0) is 28.1. The van der Waals surface area contributed by atoms with Crippen LogP contribution in [0.3, 0.4) is 0 Å². The third-order valence-electron chi connectivity index (χ3n) is 5.57. The Labute approximate surface area is 228 Å². The number of ether oxygens (including phenoxy) is 1. The van der Waals surface area contributed by atoms with Gasteiger partial charge in [-0.05, 0) is 31.6 Å². The number of likely N-dealkylation sites (N-methyl/N-ethyl adjacent to an activating group) is 1. The van der Waals surface area contributed by atoms with E-state index < -0.39 is 12.1 Å². The van der Waals surface area contributed by atoms with Crippen LogP contribution in [0.4, 0.5) is 9.93 Å². The molecule has 1 aromatic heterocycles. The predicted octanol–water partition coefficient (Wildman–Crippen LogP) is 4.58. The minimum atomic E-state index is -0.802. The maximum Gasteiger partial charge on any atom is 0.318 e. The number of methoxy groups -OCH3 is 1. The minimum Gasteiger partial charge on any atom is -0.378 e. The van der Waals surface area contributed by atoms with E-state index >= 15 is 0 Å². The summed E-state index contributed by atoms with van der Waals surface area (Å²) in [6.07, 6.45) is 8.89. The fraction of sp³-hybridized carbons (Fsp3) is 0.357. The fourth-order valence-corrected chi connectivity index (χ4v) is 4.45. The summed E-state index contributed by atoms with van der Waals surface area (Å²) >= 11 is 1.30. The lowest BCUT2D eigenvalue weighted by Gasteiger charge is -2.32. The molecular weight excluding hydrogens is 502 g/mol. The minimum absolute atomic E-state index is 0.171. The zero-order valence-electron chi connectivity index (χ0n) is 22.7. The molecular formula is C28H37N5O4S. The molecule has 0 bridgehead atoms. The molecule has 4 amide bonds. The number of aromatic nitrogens is 1. The third kappa shape index (κ3) is 9.60. The Bertz CT molecular complexity index is 1160. The van der Waals surface area contributed by atoms with E-state index in [0.717, 1.165) is 11.3 Å². The van der Waals surface area contributed by atoms with E-state index in [1.165, 1.54) is 23.2 Å². The van der Waals surface area contributed by atoms with Crippen LogP contribution in [-0.2, 0) is 20.9 Å². The molecule has 0 aliphatic carbocycles. The normalized spacial score (nSPS) is 14.2. The van der Waals surface area contributed by atoms with Crippen molar-refractivity contribution in [3.63, 3.8) is 0 Å². The summed E-state index contributed by atoms with van der Waals surface area (Å²) in [4.78, 5) is 43.8. The van der Waals surface area contributed by atoms with Gasteiger partial charge in [-0.25, -0.2) is 9.78 Å². The lowest BCUT2D eigenvalue weighted by molar-refractivity contribution is -0.120. The fourth-order valence-electron chi connectivity index (χ4n) is 3.75. The summed E-state index contributed by atoms with van der Waals surface area (Å²) in [5.74, 6) is -0.801. The van der Waals surface area contributed by atoms with Crippen molar-refractivity contribution in [2.24, 2.45) is 0 Å². The Hall–Kier alpha value is -3.76. The number of nitrogens with zero attached hydrogens (tertiary/aromatic N) is 2. The van der Waals surface area contributed by atoms with Crippen LogP contribution in [0.2, 0.25) is 0 Å². The molecule has 1 heterocycles. The van der Waals surface area contributed by atoms with Crippen LogP contribution in [0, 0.1) is 0 Å². The van der Waals surface area contributed by atoms with Gasteiger partial charge in [-0.3, -0.25) is 9.59 Å². The van der Waals surface area contributed by atoms with Gasteiger partial charge in [0.1, 0.15) is 6.04 Å². The van der Waals surface area contributed by atoms with E-state index in [1.807, 2.05) is 62.6 Å². The summed E-state index contributed by atoms with van der Waals surface area (Å²) in [7, 11) is 3.19. The van der Waals surface area contributed by atoms with Crippen molar-refractivity contribution in [2.45, 2.75) is 52.3 Å². The number of carbonyl (C=O) groups is 3. The van der Waals surface area contributed by atoms with E-state index in [4.69, 9.17) is 4.74 Å². The molecule has 0 radical (unpaired) electrons. The first kappa shape index (κ1) is 30.5. The Morgan fingerprint density at radius 2 is 1.89 bits per heavy atom. The van der Waals surface area contributed by atoms with Crippen LogP contribution in [0.15, 0.2) is 71.8 Å². The highest BCUT2D eigenvalue weighted by Crippen LogP contribution is 2.25. The van der Waals surface area contributed by atoms with Gasteiger partial charge < -0.3 is 25.6 Å². The lowest BCUT2D eigenvalue weighted by Crippen LogP contribution is -2.52. The maximum absolute atomic E-state index is 13.5. The van der Waals surface area contributed by atoms with Crippen molar-refractivity contribution < 1.29 is 19.1 Å². The quantitative estimate of drug-likeness (QED) is 0.342. The Morgan fingerprint density at radius 1 is 1.18 bits per heavy atom. The standard InChI is InChI=1S/C28H37N5O4S/c1-7-12-23(30-21(4)34)16-11-13-19(2)29-28(36)33(5)25(20(3)22-14-9-8-10-15-22)26(35)32-27-31-24(17-37-6)18-38-27/h7-16,18-20,25H,17H2,1-6H3,(H,29,36)(H,30,34)(H,31,32,35)/b12-7-,13-11+,23-16+/t19-,20?,25?/m0/s1. The second kappa shape index (κ2) is 15.5. The van der Waals surface area contributed by atoms with Crippen molar-refractivity contribution in [3.05, 3.63) is 83.0 Å². The maximum atomic E-state index is 13.5. The van der Waals surface area contributed by atoms with Crippen molar-refractivity contribution in [3.8, 4) is 0 Å². The van der Waals surface area contributed by atoms with E-state index in [1.54, 1.807) is 38.5 Å². The number of allylic oxidation sites excluding steroid dienone is 4. The molecule has 3 N–H and O–H groups in total. The van der Waals surface area contributed by atoms with Crippen molar-refractivity contribution >= 4 is 34.3 Å². The van der Waals surface area contributed by atoms with Gasteiger partial charge >= 0.3 is 6.03 Å². The molecule has 38 heavy (non-hydrogen) atoms. The number of benzene rings is 1. The summed E-state index contributed by atoms with van der Waals surface area (Å²) in [5.41, 5.74) is 2.28. The summed E-state index contributed by atoms with van der Waals surface area (Å²) in [6.45, 7) is 7.39. The molecule has 10 heteroatoms.